The smallest absolute Gasteiger partial charge is 0.0665 e. The van der Waals surface area contributed by atoms with Crippen LogP contribution in [-0.4, -0.2) is 0 Å². The van der Waals surface area contributed by atoms with Crippen molar-refractivity contribution in [3.05, 3.63) is 27.7 Å². The van der Waals surface area contributed by atoms with Crippen molar-refractivity contribution >= 4 is 28.9 Å². The van der Waals surface area contributed by atoms with Crippen LogP contribution in [0.2, 0.25) is 10.0 Å². The predicted octanol–water partition coefficient (Wildman–Crippen LogP) is 2.88. The molecule has 0 aliphatic carbocycles. The van der Waals surface area contributed by atoms with Gasteiger partial charge in [0.05, 0.1) is 10.7 Å². The van der Waals surface area contributed by atoms with Gasteiger partial charge in [-0.2, -0.15) is 0 Å². The molecule has 54 valence electrons. The first-order valence-corrected chi connectivity index (χ1v) is 3.58. The van der Waals surface area contributed by atoms with Crippen LogP contribution in [0.3, 0.4) is 0 Å². The van der Waals surface area contributed by atoms with E-state index >= 15 is 0 Å². The predicted molar refractivity (Wildman–Crippen MR) is 45.6 cm³/mol. The van der Waals surface area contributed by atoms with E-state index in [-0.39, 0.29) is 0 Å². The molecule has 0 aromatic heterocycles. The van der Waals surface area contributed by atoms with Gasteiger partial charge in [-0.05, 0) is 24.6 Å². The van der Waals surface area contributed by atoms with Crippen molar-refractivity contribution in [3.8, 4) is 0 Å². The number of hydrogen-bond acceptors (Lipinski definition) is 1. The van der Waals surface area contributed by atoms with E-state index in [1.807, 2.05) is 6.92 Å². The lowest BCUT2D eigenvalue weighted by Gasteiger charge is -2.01. The topological polar surface area (TPSA) is 26.0 Å². The first kappa shape index (κ1) is 7.70. The third kappa shape index (κ3) is 1.36. The quantitative estimate of drug-likeness (QED) is 0.604. The van der Waals surface area contributed by atoms with Crippen molar-refractivity contribution in [2.45, 2.75) is 6.92 Å². The number of benzene rings is 1. The number of rotatable bonds is 0. The van der Waals surface area contributed by atoms with Crippen LogP contribution in [0, 0.1) is 6.92 Å². The van der Waals surface area contributed by atoms with E-state index in [9.17, 15) is 0 Å². The maximum Gasteiger partial charge on any atom is 0.0665 e. The molecule has 0 amide bonds. The van der Waals surface area contributed by atoms with Crippen LogP contribution >= 0.6 is 23.2 Å². The van der Waals surface area contributed by atoms with Crippen molar-refractivity contribution in [1.29, 1.82) is 0 Å². The Morgan fingerprint density at radius 3 is 2.40 bits per heavy atom. The molecular formula is C7H7Cl2N. The highest BCUT2D eigenvalue weighted by Gasteiger charge is 2.00. The van der Waals surface area contributed by atoms with E-state index in [0.29, 0.717) is 15.7 Å². The van der Waals surface area contributed by atoms with Crippen molar-refractivity contribution in [3.63, 3.8) is 0 Å². The summed E-state index contributed by atoms with van der Waals surface area (Å²) in [7, 11) is 0. The van der Waals surface area contributed by atoms with Crippen molar-refractivity contribution in [2.75, 3.05) is 5.73 Å². The fourth-order valence-corrected chi connectivity index (χ4v) is 1.14. The highest BCUT2D eigenvalue weighted by Crippen LogP contribution is 2.26. The van der Waals surface area contributed by atoms with Gasteiger partial charge in [0.25, 0.3) is 0 Å². The fourth-order valence-electron chi connectivity index (χ4n) is 0.751. The lowest BCUT2D eigenvalue weighted by Crippen LogP contribution is -1.87. The highest BCUT2D eigenvalue weighted by atomic mass is 35.5. The second-order valence-corrected chi connectivity index (χ2v) is 2.94. The van der Waals surface area contributed by atoms with E-state index < -0.39 is 0 Å². The standard InChI is InChI=1S/C7H7Cl2N/c1-4-2-5(8)3-6(10)7(4)9/h2-3H,10H2,1H3. The van der Waals surface area contributed by atoms with Gasteiger partial charge in [-0.3, -0.25) is 0 Å². The Hall–Kier alpha value is -0.400. The maximum absolute atomic E-state index is 5.77. The summed E-state index contributed by atoms with van der Waals surface area (Å²) >= 11 is 11.4. The molecular weight excluding hydrogens is 169 g/mol. The molecule has 1 aromatic rings. The summed E-state index contributed by atoms with van der Waals surface area (Å²) in [5.74, 6) is 0. The largest absolute Gasteiger partial charge is 0.397 e. The average molecular weight is 176 g/mol. The first-order chi connectivity index (χ1) is 4.61. The van der Waals surface area contributed by atoms with Gasteiger partial charge < -0.3 is 5.73 Å². The Labute approximate surface area is 69.7 Å². The minimum Gasteiger partial charge on any atom is -0.397 e. The van der Waals surface area contributed by atoms with Gasteiger partial charge in [0.1, 0.15) is 0 Å². The number of aryl methyl sites for hydroxylation is 1. The second kappa shape index (κ2) is 2.69. The van der Waals surface area contributed by atoms with Gasteiger partial charge in [-0.15, -0.1) is 0 Å². The Morgan fingerprint density at radius 2 is 1.90 bits per heavy atom. The first-order valence-electron chi connectivity index (χ1n) is 2.82. The molecule has 10 heavy (non-hydrogen) atoms. The minimum atomic E-state index is 0.534. The molecule has 1 nitrogen and oxygen atoms in total. The van der Waals surface area contributed by atoms with Gasteiger partial charge in [0.15, 0.2) is 0 Å². The van der Waals surface area contributed by atoms with E-state index in [1.54, 1.807) is 12.1 Å². The summed E-state index contributed by atoms with van der Waals surface area (Å²) in [6.45, 7) is 1.87. The molecule has 0 unspecified atom stereocenters. The molecule has 0 heterocycles. The van der Waals surface area contributed by atoms with Gasteiger partial charge in [0, 0.05) is 5.02 Å². The summed E-state index contributed by atoms with van der Waals surface area (Å²) in [6.07, 6.45) is 0. The SMILES string of the molecule is Cc1cc(Cl)cc(N)c1Cl. The number of anilines is 1. The zero-order valence-corrected chi connectivity index (χ0v) is 7.00. The molecule has 0 aliphatic rings. The minimum absolute atomic E-state index is 0.534. The number of hydrogen-bond donors (Lipinski definition) is 1. The normalized spacial score (nSPS) is 9.90. The summed E-state index contributed by atoms with van der Waals surface area (Å²) in [6, 6.07) is 3.41. The molecule has 0 bridgehead atoms. The van der Waals surface area contributed by atoms with Gasteiger partial charge >= 0.3 is 0 Å². The molecule has 0 atom stereocenters. The molecule has 3 heteroatoms. The Kier molecular flexibility index (Phi) is 2.07. The molecule has 1 rings (SSSR count). The molecule has 0 saturated carbocycles. The number of nitrogen functional groups attached to an aromatic ring is 1. The molecule has 0 radical (unpaired) electrons. The van der Waals surface area contributed by atoms with Crippen molar-refractivity contribution in [2.24, 2.45) is 0 Å². The summed E-state index contributed by atoms with van der Waals surface area (Å²) in [5.41, 5.74) is 6.95. The van der Waals surface area contributed by atoms with Crippen LogP contribution in [0.1, 0.15) is 5.56 Å². The van der Waals surface area contributed by atoms with Crippen LogP contribution in [0.15, 0.2) is 12.1 Å². The Bertz CT molecular complexity index is 235. The van der Waals surface area contributed by atoms with Crippen molar-refractivity contribution in [1.82, 2.24) is 0 Å². The van der Waals surface area contributed by atoms with Crippen LogP contribution in [0.5, 0.6) is 0 Å². The van der Waals surface area contributed by atoms with Crippen LogP contribution < -0.4 is 5.73 Å². The average Bonchev–Trinajstić information content (AvgIpc) is 1.82. The van der Waals surface area contributed by atoms with E-state index in [4.69, 9.17) is 28.9 Å². The maximum atomic E-state index is 5.77. The third-order valence-electron chi connectivity index (χ3n) is 1.25. The molecule has 0 aliphatic heterocycles. The fraction of sp³-hybridized carbons (Fsp3) is 0.143. The van der Waals surface area contributed by atoms with Gasteiger partial charge in [-0.25, -0.2) is 0 Å². The van der Waals surface area contributed by atoms with E-state index in [2.05, 4.69) is 0 Å². The number of halogens is 2. The zero-order valence-electron chi connectivity index (χ0n) is 5.49. The van der Waals surface area contributed by atoms with Crippen molar-refractivity contribution < 1.29 is 0 Å². The Balaban J connectivity index is 3.31. The highest BCUT2D eigenvalue weighted by molar-refractivity contribution is 6.35. The van der Waals surface area contributed by atoms with Crippen LogP contribution in [-0.2, 0) is 0 Å². The lowest BCUT2D eigenvalue weighted by molar-refractivity contribution is 1.47. The number of nitrogens with two attached hydrogens (primary N) is 1. The molecule has 0 spiro atoms. The van der Waals surface area contributed by atoms with E-state index in [1.165, 1.54) is 0 Å². The van der Waals surface area contributed by atoms with E-state index in [0.717, 1.165) is 5.56 Å². The zero-order chi connectivity index (χ0) is 7.72. The second-order valence-electron chi connectivity index (χ2n) is 2.13. The van der Waals surface area contributed by atoms with Crippen LogP contribution in [0.25, 0.3) is 0 Å². The summed E-state index contributed by atoms with van der Waals surface area (Å²) in [5, 5.41) is 1.21. The third-order valence-corrected chi connectivity index (χ3v) is 1.98. The summed E-state index contributed by atoms with van der Waals surface area (Å²) < 4.78 is 0. The Morgan fingerprint density at radius 1 is 1.30 bits per heavy atom. The monoisotopic (exact) mass is 175 g/mol. The molecule has 2 N–H and O–H groups in total. The van der Waals surface area contributed by atoms with Crippen LogP contribution in [0.4, 0.5) is 5.69 Å². The molecule has 1 aromatic carbocycles. The van der Waals surface area contributed by atoms with Gasteiger partial charge in [0.2, 0.25) is 0 Å². The van der Waals surface area contributed by atoms with Gasteiger partial charge in [-0.1, -0.05) is 23.2 Å². The summed E-state index contributed by atoms with van der Waals surface area (Å²) in [4.78, 5) is 0. The molecule has 0 saturated heterocycles. The molecule has 0 fully saturated rings. The lowest BCUT2D eigenvalue weighted by atomic mass is 10.2.